The van der Waals surface area contributed by atoms with E-state index in [0.717, 1.165) is 30.2 Å². The number of anilines is 1. The molecule has 1 fully saturated rings. The maximum absolute atomic E-state index is 12.1. The number of urea groups is 1. The Morgan fingerprint density at radius 2 is 2.36 bits per heavy atom. The molecule has 1 aliphatic rings. The summed E-state index contributed by atoms with van der Waals surface area (Å²) in [5.74, 6) is 0. The van der Waals surface area contributed by atoms with Crippen LogP contribution in [0.25, 0.3) is 0 Å². The Labute approximate surface area is 136 Å². The zero-order valence-electron chi connectivity index (χ0n) is 13.1. The minimum Gasteiger partial charge on any atom is -0.393 e. The number of rotatable bonds is 5. The number of carbonyl (C=O) groups excluding carboxylic acids is 1. The Morgan fingerprint density at radius 1 is 1.59 bits per heavy atom. The number of aliphatic hydroxyl groups excluding tert-OH is 1. The molecule has 2 unspecified atom stereocenters. The number of hydrogen-bond acceptors (Lipinski definition) is 3. The quantitative estimate of drug-likeness (QED) is 0.873. The molecule has 1 saturated heterocycles. The van der Waals surface area contributed by atoms with Gasteiger partial charge in [-0.25, -0.2) is 4.79 Å². The van der Waals surface area contributed by atoms with Gasteiger partial charge in [-0.1, -0.05) is 17.7 Å². The molecule has 0 bridgehead atoms. The van der Waals surface area contributed by atoms with Crippen LogP contribution in [0.5, 0.6) is 0 Å². The number of nitrogens with zero attached hydrogens (tertiary/aromatic N) is 2. The summed E-state index contributed by atoms with van der Waals surface area (Å²) in [5.41, 5.74) is 1.09. The molecule has 0 radical (unpaired) electrons. The lowest BCUT2D eigenvalue weighted by Gasteiger charge is -2.22. The third-order valence-electron chi connectivity index (χ3n) is 3.92. The third kappa shape index (κ3) is 4.78. The lowest BCUT2D eigenvalue weighted by Crippen LogP contribution is -2.44. The maximum Gasteiger partial charge on any atom is 0.317 e. The molecule has 122 valence electrons. The van der Waals surface area contributed by atoms with Crippen LogP contribution in [0, 0.1) is 0 Å². The Morgan fingerprint density at radius 3 is 3.05 bits per heavy atom. The summed E-state index contributed by atoms with van der Waals surface area (Å²) in [5, 5.41) is 13.0. The van der Waals surface area contributed by atoms with Crippen LogP contribution in [0.1, 0.15) is 19.8 Å². The van der Waals surface area contributed by atoms with Crippen molar-refractivity contribution in [1.29, 1.82) is 0 Å². The van der Waals surface area contributed by atoms with E-state index in [-0.39, 0.29) is 18.2 Å². The standard InChI is InChI=1S/C16H24ClN3O2/c1-12(21)6-8-19(2)16(22)18-14-7-9-20(11-14)15-5-3-4-13(17)10-15/h3-5,10,12,14,21H,6-9,11H2,1-2H3,(H,18,22). The first kappa shape index (κ1) is 16.9. The number of amides is 2. The number of carbonyl (C=O) groups is 1. The van der Waals surface area contributed by atoms with Gasteiger partial charge >= 0.3 is 6.03 Å². The summed E-state index contributed by atoms with van der Waals surface area (Å²) < 4.78 is 0. The summed E-state index contributed by atoms with van der Waals surface area (Å²) in [7, 11) is 1.75. The maximum atomic E-state index is 12.1. The predicted molar refractivity (Wildman–Crippen MR) is 89.5 cm³/mol. The molecular weight excluding hydrogens is 302 g/mol. The first-order valence-corrected chi connectivity index (χ1v) is 8.03. The van der Waals surface area contributed by atoms with E-state index >= 15 is 0 Å². The summed E-state index contributed by atoms with van der Waals surface area (Å²) in [6.07, 6.45) is 1.12. The normalized spacial score (nSPS) is 19.1. The van der Waals surface area contributed by atoms with Gasteiger partial charge in [-0.3, -0.25) is 0 Å². The Balaban J connectivity index is 1.82. The molecule has 1 aliphatic heterocycles. The molecule has 0 spiro atoms. The van der Waals surface area contributed by atoms with Gasteiger partial charge in [0.15, 0.2) is 0 Å². The molecule has 1 aromatic carbocycles. The second kappa shape index (κ2) is 7.70. The molecule has 0 aromatic heterocycles. The zero-order chi connectivity index (χ0) is 16.1. The zero-order valence-corrected chi connectivity index (χ0v) is 13.9. The van der Waals surface area contributed by atoms with Gasteiger partial charge in [0.25, 0.3) is 0 Å². The second-order valence-corrected chi connectivity index (χ2v) is 6.36. The van der Waals surface area contributed by atoms with Crippen molar-refractivity contribution in [2.24, 2.45) is 0 Å². The minimum absolute atomic E-state index is 0.0846. The second-order valence-electron chi connectivity index (χ2n) is 5.92. The topological polar surface area (TPSA) is 55.8 Å². The van der Waals surface area contributed by atoms with Gasteiger partial charge in [0.2, 0.25) is 0 Å². The van der Waals surface area contributed by atoms with E-state index in [1.165, 1.54) is 0 Å². The molecule has 22 heavy (non-hydrogen) atoms. The van der Waals surface area contributed by atoms with Crippen molar-refractivity contribution < 1.29 is 9.90 Å². The third-order valence-corrected chi connectivity index (χ3v) is 4.15. The molecule has 2 amide bonds. The van der Waals surface area contributed by atoms with Crippen molar-refractivity contribution in [2.45, 2.75) is 31.9 Å². The number of halogens is 1. The van der Waals surface area contributed by atoms with Crippen LogP contribution >= 0.6 is 11.6 Å². The molecule has 2 N–H and O–H groups in total. The molecule has 2 rings (SSSR count). The van der Waals surface area contributed by atoms with E-state index in [4.69, 9.17) is 11.6 Å². The first-order valence-electron chi connectivity index (χ1n) is 7.66. The van der Waals surface area contributed by atoms with Gasteiger partial charge in [-0.15, -0.1) is 0 Å². The number of benzene rings is 1. The van der Waals surface area contributed by atoms with E-state index in [1.54, 1.807) is 18.9 Å². The molecule has 2 atom stereocenters. The van der Waals surface area contributed by atoms with E-state index < -0.39 is 0 Å². The van der Waals surface area contributed by atoms with Gasteiger partial charge < -0.3 is 20.2 Å². The van der Waals surface area contributed by atoms with E-state index in [9.17, 15) is 9.90 Å². The van der Waals surface area contributed by atoms with Gasteiger partial charge in [0.1, 0.15) is 0 Å². The van der Waals surface area contributed by atoms with Crippen molar-refractivity contribution in [3.8, 4) is 0 Å². The van der Waals surface area contributed by atoms with Crippen molar-refractivity contribution in [3.05, 3.63) is 29.3 Å². The lowest BCUT2D eigenvalue weighted by atomic mass is 10.2. The highest BCUT2D eigenvalue weighted by molar-refractivity contribution is 6.30. The van der Waals surface area contributed by atoms with Crippen LogP contribution in [-0.2, 0) is 0 Å². The van der Waals surface area contributed by atoms with Crippen molar-refractivity contribution >= 4 is 23.3 Å². The van der Waals surface area contributed by atoms with Crippen molar-refractivity contribution in [2.75, 3.05) is 31.6 Å². The summed E-state index contributed by atoms with van der Waals surface area (Å²) in [4.78, 5) is 16.0. The highest BCUT2D eigenvalue weighted by Crippen LogP contribution is 2.23. The molecule has 1 aromatic rings. The van der Waals surface area contributed by atoms with Crippen molar-refractivity contribution in [1.82, 2.24) is 10.2 Å². The fourth-order valence-corrected chi connectivity index (χ4v) is 2.74. The Hall–Kier alpha value is -1.46. The monoisotopic (exact) mass is 325 g/mol. The van der Waals surface area contributed by atoms with Crippen LogP contribution in [0.3, 0.4) is 0 Å². The summed E-state index contributed by atoms with van der Waals surface area (Å²) in [6, 6.07) is 7.83. The van der Waals surface area contributed by atoms with Gasteiger partial charge in [0.05, 0.1) is 6.10 Å². The van der Waals surface area contributed by atoms with E-state index in [0.29, 0.717) is 13.0 Å². The van der Waals surface area contributed by atoms with Gasteiger partial charge in [0, 0.05) is 43.4 Å². The first-order chi connectivity index (χ1) is 10.5. The lowest BCUT2D eigenvalue weighted by molar-refractivity contribution is 0.162. The molecular formula is C16H24ClN3O2. The Bertz CT molecular complexity index is 510. The highest BCUT2D eigenvalue weighted by atomic mass is 35.5. The van der Waals surface area contributed by atoms with Gasteiger partial charge in [-0.05, 0) is 38.0 Å². The van der Waals surface area contributed by atoms with Crippen LogP contribution in [0.2, 0.25) is 5.02 Å². The smallest absolute Gasteiger partial charge is 0.317 e. The van der Waals surface area contributed by atoms with E-state index in [2.05, 4.69) is 10.2 Å². The SMILES string of the molecule is CC(O)CCN(C)C(=O)NC1CCN(c2cccc(Cl)c2)C1. The molecule has 1 heterocycles. The minimum atomic E-state index is -0.389. The van der Waals surface area contributed by atoms with Crippen LogP contribution in [-0.4, -0.2) is 54.9 Å². The van der Waals surface area contributed by atoms with Gasteiger partial charge in [-0.2, -0.15) is 0 Å². The van der Waals surface area contributed by atoms with E-state index in [1.807, 2.05) is 24.3 Å². The van der Waals surface area contributed by atoms with Crippen LogP contribution < -0.4 is 10.2 Å². The van der Waals surface area contributed by atoms with Crippen LogP contribution in [0.4, 0.5) is 10.5 Å². The predicted octanol–water partition coefficient (Wildman–Crippen LogP) is 2.33. The Kier molecular flexibility index (Phi) is 5.91. The molecule has 0 aliphatic carbocycles. The number of hydrogen-bond donors (Lipinski definition) is 2. The van der Waals surface area contributed by atoms with Crippen LogP contribution in [0.15, 0.2) is 24.3 Å². The average Bonchev–Trinajstić information content (AvgIpc) is 2.93. The summed E-state index contributed by atoms with van der Waals surface area (Å²) in [6.45, 7) is 3.97. The molecule has 5 nitrogen and oxygen atoms in total. The largest absolute Gasteiger partial charge is 0.393 e. The number of aliphatic hydroxyl groups is 1. The average molecular weight is 326 g/mol. The highest BCUT2D eigenvalue weighted by Gasteiger charge is 2.25. The summed E-state index contributed by atoms with van der Waals surface area (Å²) >= 11 is 6.02. The fourth-order valence-electron chi connectivity index (χ4n) is 2.55. The fraction of sp³-hybridized carbons (Fsp3) is 0.562. The molecule has 6 heteroatoms. The molecule has 0 saturated carbocycles. The van der Waals surface area contributed by atoms with Crippen molar-refractivity contribution in [3.63, 3.8) is 0 Å². The number of nitrogens with one attached hydrogen (secondary N) is 1.